The van der Waals surface area contributed by atoms with Crippen molar-refractivity contribution < 1.29 is 18.8 Å². The fourth-order valence-corrected chi connectivity index (χ4v) is 4.44. The first-order valence-corrected chi connectivity index (χ1v) is 9.33. The van der Waals surface area contributed by atoms with Crippen LogP contribution in [0.2, 0.25) is 0 Å². The van der Waals surface area contributed by atoms with Gasteiger partial charge in [0, 0.05) is 55.0 Å². The number of hydrogen-bond acceptors (Lipinski definition) is 5. The summed E-state index contributed by atoms with van der Waals surface area (Å²) in [5, 5.41) is 5.64. The van der Waals surface area contributed by atoms with Crippen LogP contribution in [0.15, 0.2) is 12.1 Å². The van der Waals surface area contributed by atoms with E-state index in [2.05, 4.69) is 29.4 Å². The van der Waals surface area contributed by atoms with E-state index < -0.39 is 17.8 Å². The topological polar surface area (TPSA) is 81.8 Å². The van der Waals surface area contributed by atoms with Crippen LogP contribution in [-0.4, -0.2) is 53.8 Å². The van der Waals surface area contributed by atoms with Crippen molar-refractivity contribution in [2.24, 2.45) is 0 Å². The maximum absolute atomic E-state index is 14.4. The van der Waals surface area contributed by atoms with E-state index in [4.69, 9.17) is 0 Å². The second-order valence-electron chi connectivity index (χ2n) is 7.61. The first kappa shape index (κ1) is 17.9. The van der Waals surface area contributed by atoms with Crippen LogP contribution < -0.4 is 15.5 Å². The molecule has 3 amide bonds. The Labute approximate surface area is 156 Å². The summed E-state index contributed by atoms with van der Waals surface area (Å²) < 4.78 is 14.4. The highest BCUT2D eigenvalue weighted by atomic mass is 19.1. The van der Waals surface area contributed by atoms with Gasteiger partial charge in [0.1, 0.15) is 11.9 Å². The van der Waals surface area contributed by atoms with E-state index >= 15 is 0 Å². The van der Waals surface area contributed by atoms with Gasteiger partial charge in [0.15, 0.2) is 0 Å². The van der Waals surface area contributed by atoms with Crippen molar-refractivity contribution in [3.05, 3.63) is 29.1 Å². The Morgan fingerprint density at radius 2 is 1.81 bits per heavy atom. The molecule has 27 heavy (non-hydrogen) atoms. The van der Waals surface area contributed by atoms with Gasteiger partial charge >= 0.3 is 0 Å². The first-order valence-electron chi connectivity index (χ1n) is 9.33. The summed E-state index contributed by atoms with van der Waals surface area (Å²) in [7, 11) is 0. The largest absolute Gasteiger partial charge is 0.363 e. The first-order chi connectivity index (χ1) is 12.9. The van der Waals surface area contributed by atoms with Gasteiger partial charge in [-0.05, 0) is 32.4 Å². The lowest BCUT2D eigenvalue weighted by Gasteiger charge is -2.42. The van der Waals surface area contributed by atoms with E-state index in [-0.39, 0.29) is 36.9 Å². The second kappa shape index (κ2) is 6.60. The van der Waals surface area contributed by atoms with E-state index in [1.54, 1.807) is 0 Å². The van der Waals surface area contributed by atoms with Gasteiger partial charge < -0.3 is 15.1 Å². The van der Waals surface area contributed by atoms with Crippen LogP contribution in [0.3, 0.4) is 0 Å². The van der Waals surface area contributed by atoms with Crippen LogP contribution in [0.25, 0.3) is 0 Å². The van der Waals surface area contributed by atoms with Gasteiger partial charge in [0.2, 0.25) is 11.8 Å². The van der Waals surface area contributed by atoms with Gasteiger partial charge in [-0.2, -0.15) is 0 Å². The van der Waals surface area contributed by atoms with E-state index in [1.165, 1.54) is 17.0 Å². The van der Waals surface area contributed by atoms with Crippen LogP contribution in [0, 0.1) is 5.82 Å². The van der Waals surface area contributed by atoms with Crippen LogP contribution >= 0.6 is 0 Å². The highest BCUT2D eigenvalue weighted by Crippen LogP contribution is 2.37. The number of piperidine rings is 1. The molecule has 0 aromatic heterocycles. The summed E-state index contributed by atoms with van der Waals surface area (Å²) in [6.07, 6.45) is 0.492. The molecule has 3 aliphatic heterocycles. The molecule has 2 N–H and O–H groups in total. The number of halogens is 1. The Kier molecular flexibility index (Phi) is 4.38. The van der Waals surface area contributed by atoms with E-state index in [1.807, 2.05) is 0 Å². The second-order valence-corrected chi connectivity index (χ2v) is 7.61. The summed E-state index contributed by atoms with van der Waals surface area (Å²) in [6.45, 7) is 5.93. The number of imide groups is 1. The van der Waals surface area contributed by atoms with Gasteiger partial charge in [-0.1, -0.05) is 0 Å². The van der Waals surface area contributed by atoms with E-state index in [9.17, 15) is 18.8 Å². The lowest BCUT2D eigenvalue weighted by molar-refractivity contribution is -0.136. The number of carbonyl (C=O) groups is 3. The molecule has 3 heterocycles. The number of hydrogen-bond donors (Lipinski definition) is 2. The predicted octanol–water partition coefficient (Wildman–Crippen LogP) is 0.773. The summed E-state index contributed by atoms with van der Waals surface area (Å²) in [4.78, 5) is 40.2. The van der Waals surface area contributed by atoms with Crippen molar-refractivity contribution in [2.75, 3.05) is 18.0 Å². The minimum atomic E-state index is -0.698. The lowest BCUT2D eigenvalue weighted by Crippen LogP contribution is -2.55. The number of fused-ring (bicyclic) bond motifs is 1. The molecular weight excluding hydrogens is 351 g/mol. The molecular formula is C19H23FN4O3. The van der Waals surface area contributed by atoms with Gasteiger partial charge in [-0.3, -0.25) is 19.7 Å². The zero-order valence-corrected chi connectivity index (χ0v) is 15.4. The molecule has 7 nitrogen and oxygen atoms in total. The SMILES string of the molecule is CC1CNCC(C)N1c1cc(F)cc2c1CN(C1CCC(=O)NC1=O)C2=O. The smallest absolute Gasteiger partial charge is 0.255 e. The molecule has 4 rings (SSSR count). The average molecular weight is 374 g/mol. The van der Waals surface area contributed by atoms with Gasteiger partial charge in [-0.25, -0.2) is 4.39 Å². The molecule has 0 saturated carbocycles. The third-order valence-electron chi connectivity index (χ3n) is 5.70. The van der Waals surface area contributed by atoms with Crippen molar-refractivity contribution in [3.8, 4) is 0 Å². The fraction of sp³-hybridized carbons (Fsp3) is 0.526. The number of carbonyl (C=O) groups excluding carboxylic acids is 3. The Balaban J connectivity index is 1.71. The molecule has 1 aromatic rings. The van der Waals surface area contributed by atoms with Gasteiger partial charge in [0.05, 0.1) is 0 Å². The Morgan fingerprint density at radius 1 is 1.11 bits per heavy atom. The van der Waals surface area contributed by atoms with Crippen molar-refractivity contribution in [1.29, 1.82) is 0 Å². The quantitative estimate of drug-likeness (QED) is 0.748. The number of benzene rings is 1. The van der Waals surface area contributed by atoms with Gasteiger partial charge in [0.25, 0.3) is 5.91 Å². The maximum atomic E-state index is 14.4. The third-order valence-corrected chi connectivity index (χ3v) is 5.70. The highest BCUT2D eigenvalue weighted by molar-refractivity contribution is 6.06. The molecule has 0 bridgehead atoms. The van der Waals surface area contributed by atoms with Crippen molar-refractivity contribution in [3.63, 3.8) is 0 Å². The highest BCUT2D eigenvalue weighted by Gasteiger charge is 2.41. The average Bonchev–Trinajstić information content (AvgIpc) is 2.92. The summed E-state index contributed by atoms with van der Waals surface area (Å²) in [5.41, 5.74) is 1.79. The maximum Gasteiger partial charge on any atom is 0.255 e. The molecule has 3 aliphatic rings. The van der Waals surface area contributed by atoms with Crippen molar-refractivity contribution >= 4 is 23.4 Å². The monoisotopic (exact) mass is 374 g/mol. The molecule has 0 aliphatic carbocycles. The summed E-state index contributed by atoms with van der Waals surface area (Å²) >= 11 is 0. The van der Waals surface area contributed by atoms with Crippen molar-refractivity contribution in [2.45, 2.75) is 51.4 Å². The summed E-state index contributed by atoms with van der Waals surface area (Å²) in [5.74, 6) is -1.59. The van der Waals surface area contributed by atoms with Crippen LogP contribution in [0.4, 0.5) is 10.1 Å². The minimum Gasteiger partial charge on any atom is -0.363 e. The predicted molar refractivity (Wildman–Crippen MR) is 96.7 cm³/mol. The van der Waals surface area contributed by atoms with E-state index in [0.717, 1.165) is 24.3 Å². The Hall–Kier alpha value is -2.48. The van der Waals surface area contributed by atoms with Crippen LogP contribution in [-0.2, 0) is 16.1 Å². The molecule has 1 aromatic carbocycles. The normalized spacial score (nSPS) is 28.4. The Morgan fingerprint density at radius 3 is 2.48 bits per heavy atom. The molecule has 3 atom stereocenters. The number of amides is 3. The van der Waals surface area contributed by atoms with Crippen molar-refractivity contribution in [1.82, 2.24) is 15.5 Å². The lowest BCUT2D eigenvalue weighted by atomic mass is 10.0. The molecule has 3 unspecified atom stereocenters. The molecule has 8 heteroatoms. The fourth-order valence-electron chi connectivity index (χ4n) is 4.44. The zero-order valence-electron chi connectivity index (χ0n) is 15.4. The molecule has 144 valence electrons. The van der Waals surface area contributed by atoms with Crippen LogP contribution in [0.5, 0.6) is 0 Å². The molecule has 2 saturated heterocycles. The zero-order chi connectivity index (χ0) is 19.3. The third kappa shape index (κ3) is 2.97. The minimum absolute atomic E-state index is 0.152. The van der Waals surface area contributed by atoms with Gasteiger partial charge in [-0.15, -0.1) is 0 Å². The molecule has 0 radical (unpaired) electrons. The number of rotatable bonds is 2. The Bertz CT molecular complexity index is 817. The van der Waals surface area contributed by atoms with E-state index in [0.29, 0.717) is 12.0 Å². The number of piperazine rings is 1. The number of nitrogens with zero attached hydrogens (tertiary/aromatic N) is 2. The molecule has 2 fully saturated rings. The molecule has 0 spiro atoms. The number of anilines is 1. The van der Waals surface area contributed by atoms with Crippen LogP contribution in [0.1, 0.15) is 42.6 Å². The number of nitrogens with one attached hydrogen (secondary N) is 2. The standard InChI is InChI=1S/C19H23FN4O3/c1-10-7-21-8-11(2)24(10)16-6-12(20)5-13-14(16)9-23(19(13)27)15-3-4-17(25)22-18(15)26/h5-6,10-11,15,21H,3-4,7-9H2,1-2H3,(H,22,25,26). The summed E-state index contributed by atoms with van der Waals surface area (Å²) in [6, 6.07) is 2.35.